The molecule has 1 aliphatic heterocycles. The number of nitrogens with zero attached hydrogens (tertiary/aromatic N) is 1. The maximum absolute atomic E-state index is 12.0. The molecule has 1 saturated heterocycles. The van der Waals surface area contributed by atoms with Crippen molar-refractivity contribution in [3.63, 3.8) is 0 Å². The Balaban J connectivity index is 2.03. The zero-order valence-corrected chi connectivity index (χ0v) is 24.3. The number of hydrogen-bond donors (Lipinski definition) is 2. The Morgan fingerprint density at radius 2 is 1.00 bits per heavy atom. The lowest BCUT2D eigenvalue weighted by molar-refractivity contribution is -0.254. The molecule has 208 valence electrons. The quantitative estimate of drug-likeness (QED) is 0.156. The summed E-state index contributed by atoms with van der Waals surface area (Å²) >= 11 is 0. The van der Waals surface area contributed by atoms with Gasteiger partial charge in [0, 0.05) is 11.1 Å². The first-order chi connectivity index (χ1) is 16.6. The molecule has 0 aromatic carbocycles. The van der Waals surface area contributed by atoms with E-state index in [2.05, 4.69) is 6.92 Å². The molecule has 1 unspecified atom stereocenters. The maximum atomic E-state index is 12.0. The topological polar surface area (TPSA) is 60.8 Å². The van der Waals surface area contributed by atoms with E-state index in [9.17, 15) is 15.1 Å². The SMILES string of the molecule is CCCCCCCCCCCCCCCCCCCCC(C(=O)O)C1CC(C)(C)N(O)C(C)(C)C1. The maximum Gasteiger partial charge on any atom is 0.306 e. The molecular formula is C31H61NO3. The predicted molar refractivity (Wildman–Crippen MR) is 149 cm³/mol. The van der Waals surface area contributed by atoms with Crippen LogP contribution in [0.2, 0.25) is 0 Å². The predicted octanol–water partition coefficient (Wildman–Crippen LogP) is 9.78. The summed E-state index contributed by atoms with van der Waals surface area (Å²) in [5.74, 6) is -0.810. The molecule has 1 aliphatic rings. The summed E-state index contributed by atoms with van der Waals surface area (Å²) in [6.45, 7) is 10.4. The van der Waals surface area contributed by atoms with Crippen LogP contribution in [0.3, 0.4) is 0 Å². The highest BCUT2D eigenvalue weighted by atomic mass is 16.5. The standard InChI is InChI=1S/C31H61NO3/c1-6-7-8-9-10-11-12-13-14-15-16-17-18-19-20-21-22-23-24-28(29(33)34)27-25-30(2,3)32(35)31(4,5)26-27/h27-28,35H,6-26H2,1-5H3,(H,33,34). The van der Waals surface area contributed by atoms with Crippen molar-refractivity contribution in [3.05, 3.63) is 0 Å². The van der Waals surface area contributed by atoms with E-state index >= 15 is 0 Å². The van der Waals surface area contributed by atoms with Gasteiger partial charge in [0.05, 0.1) is 5.92 Å². The summed E-state index contributed by atoms with van der Waals surface area (Å²) in [7, 11) is 0. The van der Waals surface area contributed by atoms with Crippen LogP contribution in [0.5, 0.6) is 0 Å². The average molecular weight is 496 g/mol. The van der Waals surface area contributed by atoms with Crippen molar-refractivity contribution in [2.75, 3.05) is 0 Å². The van der Waals surface area contributed by atoms with Crippen LogP contribution in [-0.4, -0.2) is 32.4 Å². The van der Waals surface area contributed by atoms with Gasteiger partial charge in [-0.15, -0.1) is 0 Å². The summed E-state index contributed by atoms with van der Waals surface area (Å²) in [5.41, 5.74) is -0.762. The smallest absolute Gasteiger partial charge is 0.306 e. The molecule has 0 radical (unpaired) electrons. The fraction of sp³-hybridized carbons (Fsp3) is 0.968. The van der Waals surface area contributed by atoms with Gasteiger partial charge in [0.2, 0.25) is 0 Å². The summed E-state index contributed by atoms with van der Waals surface area (Å²) in [6.07, 6.45) is 26.6. The summed E-state index contributed by atoms with van der Waals surface area (Å²) in [4.78, 5) is 12.0. The highest BCUT2D eigenvalue weighted by Crippen LogP contribution is 2.44. The lowest BCUT2D eigenvalue weighted by Gasteiger charge is -2.52. The zero-order chi connectivity index (χ0) is 26.2. The van der Waals surface area contributed by atoms with Crippen molar-refractivity contribution in [2.24, 2.45) is 11.8 Å². The van der Waals surface area contributed by atoms with Crippen molar-refractivity contribution in [2.45, 2.75) is 181 Å². The fourth-order valence-electron chi connectivity index (χ4n) is 6.46. The molecule has 1 fully saturated rings. The first kappa shape index (κ1) is 32.4. The summed E-state index contributed by atoms with van der Waals surface area (Å²) in [5, 5.41) is 21.9. The van der Waals surface area contributed by atoms with E-state index in [4.69, 9.17) is 0 Å². The van der Waals surface area contributed by atoms with Gasteiger partial charge in [-0.1, -0.05) is 122 Å². The molecule has 1 atom stereocenters. The number of carboxylic acids is 1. The molecule has 0 saturated carbocycles. The third-order valence-electron chi connectivity index (χ3n) is 8.43. The Morgan fingerprint density at radius 1 is 0.686 bits per heavy atom. The molecule has 0 bridgehead atoms. The van der Waals surface area contributed by atoms with Crippen molar-refractivity contribution in [1.29, 1.82) is 0 Å². The molecular weight excluding hydrogens is 434 g/mol. The normalized spacial score (nSPS) is 19.1. The van der Waals surface area contributed by atoms with Crippen molar-refractivity contribution < 1.29 is 15.1 Å². The molecule has 35 heavy (non-hydrogen) atoms. The van der Waals surface area contributed by atoms with Gasteiger partial charge >= 0.3 is 5.97 Å². The van der Waals surface area contributed by atoms with Crippen LogP contribution >= 0.6 is 0 Å². The Hall–Kier alpha value is -0.610. The first-order valence-corrected chi connectivity index (χ1v) is 15.3. The van der Waals surface area contributed by atoms with Crippen molar-refractivity contribution in [3.8, 4) is 0 Å². The van der Waals surface area contributed by atoms with E-state index < -0.39 is 5.97 Å². The molecule has 4 nitrogen and oxygen atoms in total. The van der Waals surface area contributed by atoms with E-state index in [1.54, 1.807) is 0 Å². The Bertz CT molecular complexity index is 527. The van der Waals surface area contributed by atoms with Crippen LogP contribution in [0.15, 0.2) is 0 Å². The van der Waals surface area contributed by atoms with Crippen LogP contribution < -0.4 is 0 Å². The lowest BCUT2D eigenvalue weighted by atomic mass is 9.69. The van der Waals surface area contributed by atoms with Gasteiger partial charge in [0.25, 0.3) is 0 Å². The second-order valence-electron chi connectivity index (χ2n) is 12.8. The minimum Gasteiger partial charge on any atom is -0.481 e. The molecule has 4 heteroatoms. The van der Waals surface area contributed by atoms with Crippen LogP contribution in [0.1, 0.15) is 169 Å². The number of rotatable bonds is 21. The number of aliphatic carboxylic acids is 1. The Morgan fingerprint density at radius 3 is 1.31 bits per heavy atom. The van der Waals surface area contributed by atoms with Gasteiger partial charge in [-0.25, -0.2) is 0 Å². The fourth-order valence-corrected chi connectivity index (χ4v) is 6.46. The monoisotopic (exact) mass is 495 g/mol. The van der Waals surface area contributed by atoms with E-state index in [1.165, 1.54) is 108 Å². The highest BCUT2D eigenvalue weighted by molar-refractivity contribution is 5.70. The molecule has 0 aromatic heterocycles. The molecule has 0 aromatic rings. The number of carbonyl (C=O) groups is 1. The van der Waals surface area contributed by atoms with Crippen LogP contribution in [0.4, 0.5) is 0 Å². The largest absolute Gasteiger partial charge is 0.481 e. The molecule has 1 rings (SSSR count). The first-order valence-electron chi connectivity index (χ1n) is 15.3. The molecule has 1 heterocycles. The van der Waals surface area contributed by atoms with Gasteiger partial charge in [-0.05, 0) is 52.9 Å². The van der Waals surface area contributed by atoms with Crippen LogP contribution in [-0.2, 0) is 4.79 Å². The molecule has 0 amide bonds. The average Bonchev–Trinajstić information content (AvgIpc) is 2.78. The van der Waals surface area contributed by atoms with E-state index in [0.29, 0.717) is 0 Å². The number of hydrogen-bond acceptors (Lipinski definition) is 3. The highest BCUT2D eigenvalue weighted by Gasteiger charge is 2.48. The van der Waals surface area contributed by atoms with E-state index in [-0.39, 0.29) is 22.9 Å². The second-order valence-corrected chi connectivity index (χ2v) is 12.8. The number of carboxylic acid groups (broad SMARTS) is 1. The van der Waals surface area contributed by atoms with Crippen molar-refractivity contribution >= 4 is 5.97 Å². The van der Waals surface area contributed by atoms with Crippen molar-refractivity contribution in [1.82, 2.24) is 5.06 Å². The lowest BCUT2D eigenvalue weighted by Crippen LogP contribution is -2.60. The van der Waals surface area contributed by atoms with E-state index in [0.717, 1.165) is 32.1 Å². The number of hydroxylamine groups is 2. The Labute approximate surface area is 218 Å². The van der Waals surface area contributed by atoms with Gasteiger partial charge in [-0.3, -0.25) is 4.79 Å². The minimum absolute atomic E-state index is 0.131. The van der Waals surface area contributed by atoms with Crippen LogP contribution in [0, 0.1) is 11.8 Å². The van der Waals surface area contributed by atoms with Gasteiger partial charge in [-0.2, -0.15) is 5.06 Å². The second kappa shape index (κ2) is 17.8. The van der Waals surface area contributed by atoms with Gasteiger partial charge in [0.1, 0.15) is 0 Å². The minimum atomic E-state index is -0.653. The summed E-state index contributed by atoms with van der Waals surface area (Å²) in [6, 6.07) is 0. The molecule has 0 aliphatic carbocycles. The van der Waals surface area contributed by atoms with Gasteiger partial charge in [0.15, 0.2) is 0 Å². The zero-order valence-electron chi connectivity index (χ0n) is 24.3. The third-order valence-corrected chi connectivity index (χ3v) is 8.43. The number of unbranched alkanes of at least 4 members (excludes halogenated alkanes) is 17. The van der Waals surface area contributed by atoms with Crippen LogP contribution in [0.25, 0.3) is 0 Å². The summed E-state index contributed by atoms with van der Waals surface area (Å²) < 4.78 is 0. The number of piperidine rings is 1. The third kappa shape index (κ3) is 13.5. The Kier molecular flexibility index (Phi) is 16.5. The van der Waals surface area contributed by atoms with E-state index in [1.807, 2.05) is 27.7 Å². The van der Waals surface area contributed by atoms with Gasteiger partial charge < -0.3 is 10.3 Å². The molecule has 2 N–H and O–H groups in total. The molecule has 0 spiro atoms.